The predicted molar refractivity (Wildman–Crippen MR) is 117 cm³/mol. The summed E-state index contributed by atoms with van der Waals surface area (Å²) in [5.41, 5.74) is 5.95. The second-order valence-corrected chi connectivity index (χ2v) is 6.40. The Morgan fingerprint density at radius 1 is 0.464 bits per heavy atom. The molecule has 0 saturated heterocycles. The minimum absolute atomic E-state index is 0.814. The maximum absolute atomic E-state index is 5.10. The van der Waals surface area contributed by atoms with Crippen molar-refractivity contribution in [2.45, 2.75) is 0 Å². The summed E-state index contributed by atoms with van der Waals surface area (Å²) >= 11 is 0. The van der Waals surface area contributed by atoms with Gasteiger partial charge in [0, 0.05) is 22.8 Å². The van der Waals surface area contributed by atoms with Crippen molar-refractivity contribution < 1.29 is 0 Å². The molecule has 1 heteroatoms. The van der Waals surface area contributed by atoms with Crippen molar-refractivity contribution in [2.24, 2.45) is 4.99 Å². The minimum Gasteiger partial charge on any atom is -0.246 e. The Bertz CT molecular complexity index is 1020. The average molecular weight is 358 g/mol. The molecular formula is C27H20N. The summed E-state index contributed by atoms with van der Waals surface area (Å²) in [5, 5.41) is 0. The molecular weight excluding hydrogens is 338 g/mol. The summed E-state index contributed by atoms with van der Waals surface area (Å²) in [6.07, 6.45) is 3.49. The van der Waals surface area contributed by atoms with E-state index >= 15 is 0 Å². The Morgan fingerprint density at radius 3 is 1.32 bits per heavy atom. The minimum atomic E-state index is 0.814. The van der Waals surface area contributed by atoms with Crippen molar-refractivity contribution in [3.8, 4) is 0 Å². The van der Waals surface area contributed by atoms with Crippen LogP contribution in [0.5, 0.6) is 0 Å². The third-order valence-electron chi connectivity index (χ3n) is 4.40. The molecule has 1 nitrogen and oxygen atoms in total. The highest BCUT2D eigenvalue weighted by Gasteiger charge is 2.09. The molecule has 0 atom stereocenters. The fourth-order valence-electron chi connectivity index (χ4n) is 3.02. The maximum atomic E-state index is 5.10. The lowest BCUT2D eigenvalue weighted by Gasteiger charge is -2.10. The van der Waals surface area contributed by atoms with Gasteiger partial charge in [0.1, 0.15) is 0 Å². The monoisotopic (exact) mass is 358 g/mol. The van der Waals surface area contributed by atoms with Crippen molar-refractivity contribution in [2.75, 3.05) is 0 Å². The SMILES string of the molecule is [C](=C(N=C(c1ccccc1)c1ccccc1)c1ccccc1)c1ccccc1. The first-order valence-corrected chi connectivity index (χ1v) is 9.34. The third-order valence-corrected chi connectivity index (χ3v) is 4.40. The first-order chi connectivity index (χ1) is 13.9. The van der Waals surface area contributed by atoms with Crippen molar-refractivity contribution >= 4 is 11.4 Å². The Morgan fingerprint density at radius 2 is 0.857 bits per heavy atom. The summed E-state index contributed by atoms with van der Waals surface area (Å²) in [5.74, 6) is 0. The van der Waals surface area contributed by atoms with E-state index in [1.165, 1.54) is 0 Å². The van der Waals surface area contributed by atoms with Gasteiger partial charge in [0.15, 0.2) is 0 Å². The highest BCUT2D eigenvalue weighted by atomic mass is 14.8. The van der Waals surface area contributed by atoms with Gasteiger partial charge in [0.25, 0.3) is 0 Å². The number of aliphatic imine (C=N–C) groups is 1. The van der Waals surface area contributed by atoms with Crippen molar-refractivity contribution in [3.63, 3.8) is 0 Å². The zero-order valence-electron chi connectivity index (χ0n) is 15.5. The molecule has 4 aromatic carbocycles. The molecule has 0 heterocycles. The van der Waals surface area contributed by atoms with Crippen LogP contribution in [0.4, 0.5) is 0 Å². The van der Waals surface area contributed by atoms with Crippen LogP contribution in [-0.2, 0) is 0 Å². The fraction of sp³-hybridized carbons (Fsp3) is 0. The second-order valence-electron chi connectivity index (χ2n) is 6.40. The smallest absolute Gasteiger partial charge is 0.0795 e. The molecule has 4 aromatic rings. The molecule has 0 N–H and O–H groups in total. The van der Waals surface area contributed by atoms with E-state index in [1.807, 2.05) is 84.9 Å². The molecule has 0 aromatic heterocycles. The first kappa shape index (κ1) is 17.7. The molecule has 0 amide bonds. The molecule has 0 unspecified atom stereocenters. The standard InChI is InChI=1S/C27H20N/c1-5-13-22(14-6-1)21-26(23-15-7-2-8-16-23)28-27(24-17-9-3-10-18-24)25-19-11-4-12-20-25/h1-20H. The molecule has 0 aliphatic heterocycles. The van der Waals surface area contributed by atoms with Crippen LogP contribution in [0, 0.1) is 6.08 Å². The van der Waals surface area contributed by atoms with Crippen LogP contribution in [0.2, 0.25) is 0 Å². The first-order valence-electron chi connectivity index (χ1n) is 9.34. The van der Waals surface area contributed by atoms with Crippen molar-refractivity contribution in [3.05, 3.63) is 150 Å². The van der Waals surface area contributed by atoms with Gasteiger partial charge < -0.3 is 0 Å². The molecule has 0 aliphatic carbocycles. The maximum Gasteiger partial charge on any atom is 0.0795 e. The van der Waals surface area contributed by atoms with Gasteiger partial charge in [-0.05, 0) is 5.56 Å². The summed E-state index contributed by atoms with van der Waals surface area (Å²) in [6, 6.07) is 40.9. The van der Waals surface area contributed by atoms with Gasteiger partial charge in [0.2, 0.25) is 0 Å². The van der Waals surface area contributed by atoms with Gasteiger partial charge in [-0.1, -0.05) is 121 Å². The average Bonchev–Trinajstić information content (AvgIpc) is 2.79. The third kappa shape index (κ3) is 4.33. The Balaban J connectivity index is 1.90. The molecule has 0 fully saturated rings. The lowest BCUT2D eigenvalue weighted by atomic mass is 10.0. The fourth-order valence-corrected chi connectivity index (χ4v) is 3.02. The summed E-state index contributed by atoms with van der Waals surface area (Å²) in [7, 11) is 0. The Kier molecular flexibility index (Phi) is 5.55. The molecule has 0 saturated carbocycles. The predicted octanol–water partition coefficient (Wildman–Crippen LogP) is 6.42. The van der Waals surface area contributed by atoms with E-state index in [4.69, 9.17) is 4.99 Å². The molecule has 133 valence electrons. The summed E-state index contributed by atoms with van der Waals surface area (Å²) < 4.78 is 0. The van der Waals surface area contributed by atoms with E-state index in [1.54, 1.807) is 0 Å². The van der Waals surface area contributed by atoms with Crippen molar-refractivity contribution in [1.29, 1.82) is 0 Å². The van der Waals surface area contributed by atoms with Gasteiger partial charge in [-0.15, -0.1) is 0 Å². The highest BCUT2D eigenvalue weighted by Crippen LogP contribution is 2.21. The lowest BCUT2D eigenvalue weighted by Crippen LogP contribution is -2.04. The van der Waals surface area contributed by atoms with Gasteiger partial charge in [-0.2, -0.15) is 0 Å². The van der Waals surface area contributed by atoms with E-state index in [0.717, 1.165) is 33.7 Å². The quantitative estimate of drug-likeness (QED) is 0.288. The Hall–Kier alpha value is -3.71. The summed E-state index contributed by atoms with van der Waals surface area (Å²) in [4.78, 5) is 5.10. The van der Waals surface area contributed by atoms with E-state index in [2.05, 4.69) is 42.5 Å². The van der Waals surface area contributed by atoms with Crippen LogP contribution in [0.3, 0.4) is 0 Å². The largest absolute Gasteiger partial charge is 0.246 e. The number of rotatable bonds is 5. The van der Waals surface area contributed by atoms with Crippen LogP contribution in [0.15, 0.2) is 126 Å². The van der Waals surface area contributed by atoms with Gasteiger partial charge in [-0.25, -0.2) is 4.99 Å². The topological polar surface area (TPSA) is 12.4 Å². The zero-order chi connectivity index (χ0) is 19.0. The van der Waals surface area contributed by atoms with E-state index in [0.29, 0.717) is 0 Å². The highest BCUT2D eigenvalue weighted by molar-refractivity contribution is 6.14. The molecule has 28 heavy (non-hydrogen) atoms. The molecule has 0 bridgehead atoms. The van der Waals surface area contributed by atoms with Crippen molar-refractivity contribution in [1.82, 2.24) is 0 Å². The lowest BCUT2D eigenvalue weighted by molar-refractivity contribution is 1.44. The summed E-state index contributed by atoms with van der Waals surface area (Å²) in [6.45, 7) is 0. The van der Waals surface area contributed by atoms with Crippen LogP contribution >= 0.6 is 0 Å². The van der Waals surface area contributed by atoms with Crippen LogP contribution in [0.1, 0.15) is 22.3 Å². The number of hydrogen-bond donors (Lipinski definition) is 0. The van der Waals surface area contributed by atoms with Gasteiger partial charge in [0.05, 0.1) is 11.4 Å². The van der Waals surface area contributed by atoms with E-state index < -0.39 is 0 Å². The zero-order valence-corrected chi connectivity index (χ0v) is 15.5. The molecule has 1 radical (unpaired) electrons. The van der Waals surface area contributed by atoms with Crippen LogP contribution < -0.4 is 0 Å². The Labute approximate surface area is 166 Å². The number of benzene rings is 4. The molecule has 4 rings (SSSR count). The number of hydrogen-bond acceptors (Lipinski definition) is 1. The van der Waals surface area contributed by atoms with E-state index in [-0.39, 0.29) is 0 Å². The second kappa shape index (κ2) is 8.79. The molecule has 0 spiro atoms. The van der Waals surface area contributed by atoms with E-state index in [9.17, 15) is 0 Å². The molecule has 0 aliphatic rings. The van der Waals surface area contributed by atoms with Crippen LogP contribution in [-0.4, -0.2) is 5.71 Å². The van der Waals surface area contributed by atoms with Gasteiger partial charge >= 0.3 is 0 Å². The number of nitrogens with zero attached hydrogens (tertiary/aromatic N) is 1. The van der Waals surface area contributed by atoms with Crippen LogP contribution in [0.25, 0.3) is 5.70 Å². The van der Waals surface area contributed by atoms with Gasteiger partial charge in [-0.3, -0.25) is 0 Å². The normalized spacial score (nSPS) is 11.1.